The predicted octanol–water partition coefficient (Wildman–Crippen LogP) is 5.92. The normalized spacial score (nSPS) is 11.1. The van der Waals surface area contributed by atoms with E-state index in [1.54, 1.807) is 91.0 Å². The summed E-state index contributed by atoms with van der Waals surface area (Å²) in [5.74, 6) is -0.387. The predicted molar refractivity (Wildman–Crippen MR) is 163 cm³/mol. The van der Waals surface area contributed by atoms with Crippen LogP contribution in [0.25, 0.3) is 12.2 Å². The molecule has 0 heterocycles. The lowest BCUT2D eigenvalue weighted by Gasteiger charge is -2.13. The van der Waals surface area contributed by atoms with Crippen LogP contribution in [0.5, 0.6) is 11.5 Å². The van der Waals surface area contributed by atoms with Crippen molar-refractivity contribution in [2.75, 3.05) is 19.5 Å². The number of carbonyl (C=O) groups excluding carboxylic acids is 3. The molecule has 4 aromatic rings. The Morgan fingerprint density at radius 2 is 1.51 bits per heavy atom. The van der Waals surface area contributed by atoms with Crippen LogP contribution in [0.2, 0.25) is 0 Å². The molecule has 0 saturated carbocycles. The lowest BCUT2D eigenvalue weighted by molar-refractivity contribution is -0.384. The maximum absolute atomic E-state index is 13.4. The summed E-state index contributed by atoms with van der Waals surface area (Å²) < 4.78 is 10.7. The molecule has 0 aliphatic rings. The van der Waals surface area contributed by atoms with Crippen LogP contribution < -0.4 is 20.1 Å². The van der Waals surface area contributed by atoms with Crippen LogP contribution in [-0.2, 0) is 4.79 Å². The number of non-ortho nitro benzene ring substituents is 1. The van der Waals surface area contributed by atoms with Crippen LogP contribution in [0.1, 0.15) is 31.8 Å². The fourth-order valence-electron chi connectivity index (χ4n) is 3.94. The van der Waals surface area contributed by atoms with Gasteiger partial charge in [0.2, 0.25) is 0 Å². The first-order valence-corrected chi connectivity index (χ1v) is 13.0. The first-order valence-electron chi connectivity index (χ1n) is 13.0. The molecule has 0 radical (unpaired) electrons. The Labute approximate surface area is 247 Å². The van der Waals surface area contributed by atoms with Gasteiger partial charge in [-0.1, -0.05) is 24.3 Å². The zero-order valence-electron chi connectivity index (χ0n) is 23.3. The minimum absolute atomic E-state index is 0.0404. The van der Waals surface area contributed by atoms with Crippen molar-refractivity contribution < 1.29 is 28.8 Å². The number of hydrogen-bond donors (Lipinski definition) is 2. The van der Waals surface area contributed by atoms with Crippen molar-refractivity contribution in [1.29, 1.82) is 0 Å². The Hall–Kier alpha value is -6.03. The van der Waals surface area contributed by atoms with E-state index < -0.39 is 16.7 Å². The second-order valence-electron chi connectivity index (χ2n) is 9.06. The molecule has 0 fully saturated rings. The van der Waals surface area contributed by atoms with E-state index in [-0.39, 0.29) is 17.2 Å². The molecule has 4 rings (SSSR count). The molecule has 2 amide bonds. The Morgan fingerprint density at radius 3 is 2.14 bits per heavy atom. The van der Waals surface area contributed by atoms with Gasteiger partial charge < -0.3 is 20.1 Å². The van der Waals surface area contributed by atoms with E-state index in [9.17, 15) is 24.5 Å². The molecular formula is C33H27N3O7. The summed E-state index contributed by atoms with van der Waals surface area (Å²) >= 11 is 0. The van der Waals surface area contributed by atoms with Gasteiger partial charge in [0.05, 0.1) is 19.1 Å². The fraction of sp³-hybridized carbons (Fsp3) is 0.0606. The summed E-state index contributed by atoms with van der Waals surface area (Å²) in [5, 5.41) is 16.2. The Morgan fingerprint density at radius 1 is 0.814 bits per heavy atom. The number of nitro groups is 1. The number of anilines is 1. The number of carbonyl (C=O) groups is 3. The van der Waals surface area contributed by atoms with E-state index in [0.29, 0.717) is 39.4 Å². The summed E-state index contributed by atoms with van der Waals surface area (Å²) in [4.78, 5) is 49.3. The molecule has 0 spiro atoms. The van der Waals surface area contributed by atoms with Gasteiger partial charge in [0.25, 0.3) is 17.5 Å². The molecule has 0 aromatic heterocycles. The third kappa shape index (κ3) is 8.01. The number of nitrogens with zero attached hydrogens (tertiary/aromatic N) is 1. The quantitative estimate of drug-likeness (QED) is 0.0977. The molecule has 216 valence electrons. The average Bonchev–Trinajstić information content (AvgIpc) is 3.04. The van der Waals surface area contributed by atoms with Crippen molar-refractivity contribution in [3.8, 4) is 11.5 Å². The van der Waals surface area contributed by atoms with Crippen molar-refractivity contribution in [1.82, 2.24) is 5.32 Å². The number of ketones is 1. The maximum Gasteiger partial charge on any atom is 0.272 e. The molecule has 0 atom stereocenters. The molecule has 0 bridgehead atoms. The topological polar surface area (TPSA) is 137 Å². The minimum atomic E-state index is -0.605. The Bertz CT molecular complexity index is 1700. The van der Waals surface area contributed by atoms with Crippen LogP contribution >= 0.6 is 0 Å². The summed E-state index contributed by atoms with van der Waals surface area (Å²) in [6, 6.07) is 25.6. The molecule has 43 heavy (non-hydrogen) atoms. The van der Waals surface area contributed by atoms with Crippen LogP contribution in [0.3, 0.4) is 0 Å². The first kappa shape index (κ1) is 29.9. The molecule has 4 aromatic carbocycles. The second kappa shape index (κ2) is 14.0. The van der Waals surface area contributed by atoms with E-state index in [0.717, 1.165) is 0 Å². The molecule has 0 aliphatic carbocycles. The number of nitrogens with one attached hydrogen (secondary N) is 2. The van der Waals surface area contributed by atoms with Crippen molar-refractivity contribution >= 4 is 41.1 Å². The number of ether oxygens (including phenoxy) is 2. The minimum Gasteiger partial charge on any atom is -0.497 e. The van der Waals surface area contributed by atoms with Crippen LogP contribution in [-0.4, -0.2) is 36.7 Å². The first-order chi connectivity index (χ1) is 20.8. The van der Waals surface area contributed by atoms with Crippen LogP contribution in [0, 0.1) is 10.1 Å². The van der Waals surface area contributed by atoms with Crippen molar-refractivity contribution in [2.24, 2.45) is 0 Å². The standard InChI is InChI=1S/C33H27N3O7/c1-42-28-17-19-31(43-2)25(20-28)21-29(35-32(38)24-6-4-3-5-7-24)33(39)34-26-13-11-23(12-14-26)30(37)18-10-22-8-15-27(16-9-22)36(40)41/h3-21H,1-2H3,(H,34,39)(H,35,38)/b18-10+,29-21-. The van der Waals surface area contributed by atoms with E-state index in [4.69, 9.17) is 9.47 Å². The zero-order chi connectivity index (χ0) is 30.8. The Balaban J connectivity index is 1.53. The van der Waals surface area contributed by atoms with Gasteiger partial charge in [-0.05, 0) is 84.4 Å². The largest absolute Gasteiger partial charge is 0.497 e. The monoisotopic (exact) mass is 577 g/mol. The number of nitro benzene ring substituents is 1. The average molecular weight is 578 g/mol. The van der Waals surface area contributed by atoms with Gasteiger partial charge in [-0.25, -0.2) is 0 Å². The van der Waals surface area contributed by atoms with Crippen molar-refractivity contribution in [2.45, 2.75) is 0 Å². The SMILES string of the molecule is COc1ccc(OC)c(/C=C(\NC(=O)c2ccccc2)C(=O)Nc2ccc(C(=O)/C=C/c3ccc([N+](=O)[O-])cc3)cc2)c1. The highest BCUT2D eigenvalue weighted by molar-refractivity contribution is 6.11. The molecule has 10 nitrogen and oxygen atoms in total. The second-order valence-corrected chi connectivity index (χ2v) is 9.06. The lowest BCUT2D eigenvalue weighted by atomic mass is 10.1. The third-order valence-corrected chi connectivity index (χ3v) is 6.22. The number of benzene rings is 4. The van der Waals surface area contributed by atoms with E-state index >= 15 is 0 Å². The van der Waals surface area contributed by atoms with E-state index in [2.05, 4.69) is 10.6 Å². The third-order valence-electron chi connectivity index (χ3n) is 6.22. The van der Waals surface area contributed by atoms with Gasteiger partial charge >= 0.3 is 0 Å². The number of allylic oxidation sites excluding steroid dienone is 1. The molecule has 2 N–H and O–H groups in total. The van der Waals surface area contributed by atoms with E-state index in [1.807, 2.05) is 0 Å². The van der Waals surface area contributed by atoms with Gasteiger partial charge in [0.15, 0.2) is 5.78 Å². The molecule has 0 aliphatic heterocycles. The Kier molecular flexibility index (Phi) is 9.78. The van der Waals surface area contributed by atoms with Gasteiger partial charge in [-0.3, -0.25) is 24.5 Å². The summed E-state index contributed by atoms with van der Waals surface area (Å²) in [6.07, 6.45) is 4.40. The highest BCUT2D eigenvalue weighted by atomic mass is 16.6. The fourth-order valence-corrected chi connectivity index (χ4v) is 3.94. The smallest absolute Gasteiger partial charge is 0.272 e. The molecule has 0 saturated heterocycles. The summed E-state index contributed by atoms with van der Waals surface area (Å²) in [6.45, 7) is 0. The van der Waals surface area contributed by atoms with Crippen LogP contribution in [0.15, 0.2) is 109 Å². The highest BCUT2D eigenvalue weighted by Gasteiger charge is 2.17. The number of hydrogen-bond acceptors (Lipinski definition) is 7. The lowest BCUT2D eigenvalue weighted by Crippen LogP contribution is -2.30. The van der Waals surface area contributed by atoms with Gasteiger partial charge in [0.1, 0.15) is 17.2 Å². The van der Waals surface area contributed by atoms with Crippen molar-refractivity contribution in [3.05, 3.63) is 141 Å². The van der Waals surface area contributed by atoms with Gasteiger partial charge in [0, 0.05) is 34.5 Å². The van der Waals surface area contributed by atoms with Gasteiger partial charge in [-0.15, -0.1) is 0 Å². The summed E-state index contributed by atoms with van der Waals surface area (Å²) in [7, 11) is 3.01. The number of methoxy groups -OCH3 is 2. The zero-order valence-corrected chi connectivity index (χ0v) is 23.3. The summed E-state index contributed by atoms with van der Waals surface area (Å²) in [5.41, 5.74) is 2.16. The van der Waals surface area contributed by atoms with E-state index in [1.165, 1.54) is 38.5 Å². The molecular weight excluding hydrogens is 550 g/mol. The number of amides is 2. The maximum atomic E-state index is 13.4. The van der Waals surface area contributed by atoms with Crippen LogP contribution in [0.4, 0.5) is 11.4 Å². The van der Waals surface area contributed by atoms with Gasteiger partial charge in [-0.2, -0.15) is 0 Å². The van der Waals surface area contributed by atoms with Crippen molar-refractivity contribution in [3.63, 3.8) is 0 Å². The highest BCUT2D eigenvalue weighted by Crippen LogP contribution is 2.26. The molecule has 10 heteroatoms. The molecule has 0 unspecified atom stereocenters. The number of rotatable bonds is 11.